The molecule has 0 aromatic heterocycles. The second kappa shape index (κ2) is 7.21. The number of ether oxygens (including phenoxy) is 2. The van der Waals surface area contributed by atoms with Crippen LogP contribution in [0.2, 0.25) is 0 Å². The van der Waals surface area contributed by atoms with Crippen molar-refractivity contribution >= 4 is 11.7 Å². The van der Waals surface area contributed by atoms with E-state index in [-0.39, 0.29) is 0 Å². The molecule has 3 rings (SSSR count). The average Bonchev–Trinajstić information content (AvgIpc) is 2.63. The third-order valence-electron chi connectivity index (χ3n) is 4.19. The van der Waals surface area contributed by atoms with Crippen LogP contribution in [0.25, 0.3) is 0 Å². The van der Waals surface area contributed by atoms with Gasteiger partial charge in [0.1, 0.15) is 17.1 Å². The molecule has 2 aromatic rings. The number of hydrogen-bond acceptors (Lipinski definition) is 4. The van der Waals surface area contributed by atoms with Crippen LogP contribution in [0.5, 0.6) is 11.5 Å². The van der Waals surface area contributed by atoms with Gasteiger partial charge in [0.05, 0.1) is 7.11 Å². The summed E-state index contributed by atoms with van der Waals surface area (Å²) in [6, 6.07) is 15.0. The molecule has 0 unspecified atom stereocenters. The first-order valence-corrected chi connectivity index (χ1v) is 8.04. The molecule has 0 N–H and O–H groups in total. The van der Waals surface area contributed by atoms with Crippen LogP contribution in [0, 0.1) is 0 Å². The van der Waals surface area contributed by atoms with Crippen LogP contribution in [-0.2, 0) is 4.74 Å². The Labute approximate surface area is 142 Å². The Kier molecular flexibility index (Phi) is 4.85. The number of esters is 1. The number of para-hydroxylation sites is 1. The normalized spacial score (nSPS) is 14.4. The number of benzene rings is 2. The summed E-state index contributed by atoms with van der Waals surface area (Å²) < 4.78 is 10.6. The van der Waals surface area contributed by atoms with Crippen LogP contribution in [-0.4, -0.2) is 26.2 Å². The molecule has 4 heteroatoms. The van der Waals surface area contributed by atoms with Gasteiger partial charge in [-0.15, -0.1) is 0 Å². The van der Waals surface area contributed by atoms with Gasteiger partial charge in [-0.1, -0.05) is 24.3 Å². The number of nitrogens with zero attached hydrogens (tertiary/aromatic N) is 1. The van der Waals surface area contributed by atoms with E-state index in [9.17, 15) is 4.79 Å². The van der Waals surface area contributed by atoms with Crippen molar-refractivity contribution in [2.75, 3.05) is 25.1 Å². The highest BCUT2D eigenvalue weighted by Gasteiger charge is 2.15. The van der Waals surface area contributed by atoms with E-state index in [2.05, 4.69) is 11.5 Å². The third kappa shape index (κ3) is 3.59. The first-order valence-electron chi connectivity index (χ1n) is 8.04. The SMILES string of the molecule is C=C1CCN(c2ccc(Oc3ccccc3C(=O)OC)cc2)CC1. The highest BCUT2D eigenvalue weighted by atomic mass is 16.5. The van der Waals surface area contributed by atoms with Gasteiger partial charge >= 0.3 is 5.97 Å². The number of anilines is 1. The van der Waals surface area contributed by atoms with Crippen LogP contribution in [0.3, 0.4) is 0 Å². The van der Waals surface area contributed by atoms with Crippen molar-refractivity contribution in [1.29, 1.82) is 0 Å². The third-order valence-corrected chi connectivity index (χ3v) is 4.19. The first kappa shape index (κ1) is 16.1. The zero-order valence-corrected chi connectivity index (χ0v) is 13.8. The Morgan fingerprint density at radius 3 is 2.38 bits per heavy atom. The monoisotopic (exact) mass is 323 g/mol. The van der Waals surface area contributed by atoms with Crippen molar-refractivity contribution in [2.45, 2.75) is 12.8 Å². The molecule has 1 heterocycles. The molecule has 0 atom stereocenters. The van der Waals surface area contributed by atoms with E-state index in [1.54, 1.807) is 18.2 Å². The maximum absolute atomic E-state index is 11.8. The molecule has 1 aliphatic rings. The van der Waals surface area contributed by atoms with Crippen molar-refractivity contribution in [2.24, 2.45) is 0 Å². The molecule has 1 fully saturated rings. The van der Waals surface area contributed by atoms with Crippen molar-refractivity contribution < 1.29 is 14.3 Å². The van der Waals surface area contributed by atoms with Crippen LogP contribution in [0.1, 0.15) is 23.2 Å². The van der Waals surface area contributed by atoms with Gasteiger partial charge in [-0.25, -0.2) is 4.79 Å². The first-order chi connectivity index (χ1) is 11.7. The molecule has 1 saturated heterocycles. The predicted molar refractivity (Wildman–Crippen MR) is 94.9 cm³/mol. The lowest BCUT2D eigenvalue weighted by molar-refractivity contribution is 0.0598. The average molecular weight is 323 g/mol. The molecular formula is C20H21NO3. The molecule has 2 aromatic carbocycles. The summed E-state index contributed by atoms with van der Waals surface area (Å²) in [5.41, 5.74) is 2.92. The number of piperidine rings is 1. The summed E-state index contributed by atoms with van der Waals surface area (Å²) >= 11 is 0. The Balaban J connectivity index is 1.73. The molecule has 0 bridgehead atoms. The van der Waals surface area contributed by atoms with Crippen molar-refractivity contribution in [3.63, 3.8) is 0 Å². The van der Waals surface area contributed by atoms with E-state index >= 15 is 0 Å². The van der Waals surface area contributed by atoms with E-state index in [0.29, 0.717) is 17.1 Å². The van der Waals surface area contributed by atoms with Crippen molar-refractivity contribution in [3.8, 4) is 11.5 Å². The lowest BCUT2D eigenvalue weighted by Crippen LogP contribution is -2.30. The minimum Gasteiger partial charge on any atom is -0.465 e. The zero-order valence-electron chi connectivity index (χ0n) is 13.8. The lowest BCUT2D eigenvalue weighted by atomic mass is 10.1. The summed E-state index contributed by atoms with van der Waals surface area (Å²) in [5, 5.41) is 0. The fourth-order valence-corrected chi connectivity index (χ4v) is 2.77. The summed E-state index contributed by atoms with van der Waals surface area (Å²) in [4.78, 5) is 14.1. The van der Waals surface area contributed by atoms with Crippen LogP contribution >= 0.6 is 0 Å². The second-order valence-electron chi connectivity index (χ2n) is 5.82. The Morgan fingerprint density at radius 1 is 1.04 bits per heavy atom. The van der Waals surface area contributed by atoms with Crippen LogP contribution in [0.4, 0.5) is 5.69 Å². The molecule has 1 aliphatic heterocycles. The van der Waals surface area contributed by atoms with E-state index in [1.165, 1.54) is 18.4 Å². The van der Waals surface area contributed by atoms with Gasteiger partial charge in [-0.3, -0.25) is 0 Å². The quantitative estimate of drug-likeness (QED) is 0.616. The Hall–Kier alpha value is -2.75. The van der Waals surface area contributed by atoms with Gasteiger partial charge in [0.25, 0.3) is 0 Å². The van der Waals surface area contributed by atoms with Gasteiger partial charge in [0, 0.05) is 18.8 Å². The van der Waals surface area contributed by atoms with Gasteiger partial charge in [0.15, 0.2) is 0 Å². The lowest BCUT2D eigenvalue weighted by Gasteiger charge is -2.30. The summed E-state index contributed by atoms with van der Waals surface area (Å²) in [5.74, 6) is 0.777. The summed E-state index contributed by atoms with van der Waals surface area (Å²) in [6.07, 6.45) is 2.09. The molecule has 0 saturated carbocycles. The highest BCUT2D eigenvalue weighted by molar-refractivity contribution is 5.92. The molecule has 24 heavy (non-hydrogen) atoms. The van der Waals surface area contributed by atoms with E-state index in [0.717, 1.165) is 25.9 Å². The van der Waals surface area contributed by atoms with Crippen LogP contribution in [0.15, 0.2) is 60.7 Å². The standard InChI is InChI=1S/C20H21NO3/c1-15-11-13-21(14-12-15)16-7-9-17(10-8-16)24-19-6-4-3-5-18(19)20(22)23-2/h3-10H,1,11-14H2,2H3. The maximum Gasteiger partial charge on any atom is 0.341 e. The Bertz CT molecular complexity index is 727. The minimum absolute atomic E-state index is 0.407. The fourth-order valence-electron chi connectivity index (χ4n) is 2.77. The number of carbonyl (C=O) groups is 1. The van der Waals surface area contributed by atoms with Crippen molar-refractivity contribution in [1.82, 2.24) is 0 Å². The smallest absolute Gasteiger partial charge is 0.341 e. The number of methoxy groups -OCH3 is 1. The van der Waals surface area contributed by atoms with Gasteiger partial charge < -0.3 is 14.4 Å². The number of carbonyl (C=O) groups excluding carboxylic acids is 1. The Morgan fingerprint density at radius 2 is 1.71 bits per heavy atom. The summed E-state index contributed by atoms with van der Waals surface area (Å²) in [6.45, 7) is 6.06. The molecule has 0 amide bonds. The number of hydrogen-bond donors (Lipinski definition) is 0. The highest BCUT2D eigenvalue weighted by Crippen LogP contribution is 2.29. The molecule has 4 nitrogen and oxygen atoms in total. The topological polar surface area (TPSA) is 38.8 Å². The maximum atomic E-state index is 11.8. The van der Waals surface area contributed by atoms with E-state index in [4.69, 9.17) is 9.47 Å². The molecular weight excluding hydrogens is 302 g/mol. The largest absolute Gasteiger partial charge is 0.465 e. The van der Waals surface area contributed by atoms with E-state index < -0.39 is 5.97 Å². The molecule has 124 valence electrons. The minimum atomic E-state index is -0.407. The van der Waals surface area contributed by atoms with Gasteiger partial charge in [0.2, 0.25) is 0 Å². The number of rotatable bonds is 4. The van der Waals surface area contributed by atoms with Crippen LogP contribution < -0.4 is 9.64 Å². The summed E-state index contributed by atoms with van der Waals surface area (Å²) in [7, 11) is 1.36. The zero-order chi connectivity index (χ0) is 16.9. The van der Waals surface area contributed by atoms with Gasteiger partial charge in [-0.05, 0) is 49.2 Å². The molecule has 0 radical (unpaired) electrons. The fraction of sp³-hybridized carbons (Fsp3) is 0.250. The molecule has 0 spiro atoms. The molecule has 0 aliphatic carbocycles. The van der Waals surface area contributed by atoms with Gasteiger partial charge in [-0.2, -0.15) is 0 Å². The van der Waals surface area contributed by atoms with Crippen molar-refractivity contribution in [3.05, 3.63) is 66.2 Å². The van der Waals surface area contributed by atoms with E-state index in [1.807, 2.05) is 30.3 Å². The second-order valence-corrected chi connectivity index (χ2v) is 5.82. The predicted octanol–water partition coefficient (Wildman–Crippen LogP) is 4.42.